The van der Waals surface area contributed by atoms with Gasteiger partial charge in [-0.25, -0.2) is 4.98 Å². The first-order valence-electron chi connectivity index (χ1n) is 11.6. The molecular formula is C24H31N7O. The van der Waals surface area contributed by atoms with Crippen LogP contribution in [0.25, 0.3) is 11.3 Å². The van der Waals surface area contributed by atoms with Gasteiger partial charge in [0.05, 0.1) is 37.6 Å². The van der Waals surface area contributed by atoms with E-state index in [4.69, 9.17) is 4.74 Å². The number of hydrogen-bond donors (Lipinski definition) is 1. The zero-order valence-electron chi connectivity index (χ0n) is 18.7. The van der Waals surface area contributed by atoms with Gasteiger partial charge < -0.3 is 19.5 Å². The van der Waals surface area contributed by atoms with Crippen molar-refractivity contribution in [1.82, 2.24) is 30.0 Å². The largest absolute Gasteiger partial charge is 0.495 e. The van der Waals surface area contributed by atoms with E-state index >= 15 is 0 Å². The molecule has 1 saturated heterocycles. The predicted molar refractivity (Wildman–Crippen MR) is 124 cm³/mol. The van der Waals surface area contributed by atoms with Gasteiger partial charge in [0.15, 0.2) is 5.82 Å². The number of methoxy groups -OCH3 is 1. The van der Waals surface area contributed by atoms with E-state index < -0.39 is 0 Å². The molecular weight excluding hydrogens is 402 g/mol. The molecule has 8 heteroatoms. The Morgan fingerprint density at radius 3 is 2.84 bits per heavy atom. The summed E-state index contributed by atoms with van der Waals surface area (Å²) in [5.41, 5.74) is 2.70. The zero-order valence-corrected chi connectivity index (χ0v) is 18.7. The van der Waals surface area contributed by atoms with Crippen molar-refractivity contribution in [3.63, 3.8) is 0 Å². The molecule has 32 heavy (non-hydrogen) atoms. The summed E-state index contributed by atoms with van der Waals surface area (Å²) >= 11 is 0. The summed E-state index contributed by atoms with van der Waals surface area (Å²) in [6, 6.07) is 6.66. The lowest BCUT2D eigenvalue weighted by molar-refractivity contribution is 0.280. The number of anilines is 1. The number of aromatic nitrogens is 5. The van der Waals surface area contributed by atoms with Gasteiger partial charge in [-0.15, -0.1) is 5.10 Å². The van der Waals surface area contributed by atoms with E-state index in [0.717, 1.165) is 47.5 Å². The number of nitrogens with one attached hydrogen (secondary N) is 1. The van der Waals surface area contributed by atoms with E-state index in [2.05, 4.69) is 42.5 Å². The third-order valence-electron chi connectivity index (χ3n) is 6.59. The molecule has 1 saturated carbocycles. The molecule has 4 heterocycles. The Morgan fingerprint density at radius 2 is 2.06 bits per heavy atom. The molecule has 0 radical (unpaired) electrons. The third kappa shape index (κ3) is 4.91. The van der Waals surface area contributed by atoms with Crippen LogP contribution in [0.5, 0.6) is 5.75 Å². The average Bonchev–Trinajstić information content (AvgIpc) is 3.27. The minimum absolute atomic E-state index is 0.557. The van der Waals surface area contributed by atoms with Gasteiger partial charge in [-0.05, 0) is 56.3 Å². The average molecular weight is 434 g/mol. The molecule has 1 N–H and O–H groups in total. The van der Waals surface area contributed by atoms with E-state index in [9.17, 15) is 0 Å². The molecule has 1 aliphatic carbocycles. The lowest BCUT2D eigenvalue weighted by Crippen LogP contribution is -2.47. The Kier molecular flexibility index (Phi) is 6.29. The van der Waals surface area contributed by atoms with Crippen LogP contribution in [0.2, 0.25) is 0 Å². The summed E-state index contributed by atoms with van der Waals surface area (Å²) in [6.45, 7) is 3.86. The van der Waals surface area contributed by atoms with Gasteiger partial charge >= 0.3 is 0 Å². The molecule has 0 spiro atoms. The van der Waals surface area contributed by atoms with E-state index in [1.807, 2.05) is 23.2 Å². The summed E-state index contributed by atoms with van der Waals surface area (Å²) in [5.74, 6) is 2.59. The first kappa shape index (κ1) is 20.9. The van der Waals surface area contributed by atoms with Gasteiger partial charge in [-0.3, -0.25) is 4.98 Å². The highest BCUT2D eigenvalue weighted by atomic mass is 16.5. The van der Waals surface area contributed by atoms with Crippen LogP contribution in [0.1, 0.15) is 37.8 Å². The molecule has 1 aliphatic heterocycles. The van der Waals surface area contributed by atoms with Crippen LogP contribution < -0.4 is 15.0 Å². The highest BCUT2D eigenvalue weighted by Gasteiger charge is 2.23. The molecule has 1 atom stereocenters. The molecule has 168 valence electrons. The van der Waals surface area contributed by atoms with Gasteiger partial charge in [0.25, 0.3) is 0 Å². The molecule has 8 nitrogen and oxygen atoms in total. The summed E-state index contributed by atoms with van der Waals surface area (Å²) in [5, 5.41) is 12.8. The summed E-state index contributed by atoms with van der Waals surface area (Å²) in [4.78, 5) is 11.1. The Hall–Kier alpha value is -3.00. The number of pyridine rings is 1. The maximum Gasteiger partial charge on any atom is 0.151 e. The minimum Gasteiger partial charge on any atom is -0.495 e. The summed E-state index contributed by atoms with van der Waals surface area (Å²) < 4.78 is 7.27. The van der Waals surface area contributed by atoms with E-state index in [1.165, 1.54) is 38.6 Å². The molecule has 1 unspecified atom stereocenters. The number of imidazole rings is 1. The Labute approximate surface area is 189 Å². The lowest BCUT2D eigenvalue weighted by Gasteiger charge is -2.35. The molecule has 5 rings (SSSR count). The third-order valence-corrected chi connectivity index (χ3v) is 6.59. The molecule has 3 aromatic heterocycles. The normalized spacial score (nSPS) is 19.0. The lowest BCUT2D eigenvalue weighted by atomic mass is 9.85. The highest BCUT2D eigenvalue weighted by molar-refractivity contribution is 5.58. The van der Waals surface area contributed by atoms with Crippen molar-refractivity contribution in [2.75, 3.05) is 31.6 Å². The second kappa shape index (κ2) is 9.65. The highest BCUT2D eigenvalue weighted by Crippen LogP contribution is 2.26. The van der Waals surface area contributed by atoms with Gasteiger partial charge in [-0.1, -0.05) is 6.42 Å². The first-order chi connectivity index (χ1) is 15.8. The first-order valence-corrected chi connectivity index (χ1v) is 11.6. The number of ether oxygens (including phenoxy) is 1. The van der Waals surface area contributed by atoms with Crippen LogP contribution in [-0.2, 0) is 6.54 Å². The van der Waals surface area contributed by atoms with E-state index in [1.54, 1.807) is 19.5 Å². The molecule has 0 amide bonds. The van der Waals surface area contributed by atoms with E-state index in [0.29, 0.717) is 12.6 Å². The van der Waals surface area contributed by atoms with Crippen molar-refractivity contribution in [2.24, 2.45) is 5.92 Å². The number of nitrogens with zero attached hydrogens (tertiary/aromatic N) is 6. The van der Waals surface area contributed by atoms with Crippen LogP contribution in [0.4, 0.5) is 5.82 Å². The van der Waals surface area contributed by atoms with Gasteiger partial charge in [-0.2, -0.15) is 5.10 Å². The Morgan fingerprint density at radius 1 is 1.12 bits per heavy atom. The SMILES string of the molecule is COc1cncc(-c2cn(Cc3ccc(N4CCCC(NCC5CCC5)C4)nn3)cn2)c1. The molecule has 2 fully saturated rings. The van der Waals surface area contributed by atoms with Gasteiger partial charge in [0, 0.05) is 37.1 Å². The number of piperidine rings is 1. The Balaban J connectivity index is 1.18. The van der Waals surface area contributed by atoms with Crippen molar-refractivity contribution in [2.45, 2.75) is 44.7 Å². The van der Waals surface area contributed by atoms with Crippen LogP contribution in [0.3, 0.4) is 0 Å². The molecule has 2 aliphatic rings. The molecule has 3 aromatic rings. The maximum absolute atomic E-state index is 5.25. The number of rotatable bonds is 8. The molecule has 0 bridgehead atoms. The van der Waals surface area contributed by atoms with Crippen LogP contribution in [0.15, 0.2) is 43.1 Å². The fourth-order valence-electron chi connectivity index (χ4n) is 4.44. The Bertz CT molecular complexity index is 1020. The summed E-state index contributed by atoms with van der Waals surface area (Å²) in [6.07, 6.45) is 13.9. The fraction of sp³-hybridized carbons (Fsp3) is 0.500. The van der Waals surface area contributed by atoms with E-state index in [-0.39, 0.29) is 0 Å². The van der Waals surface area contributed by atoms with Crippen LogP contribution in [0, 0.1) is 5.92 Å². The van der Waals surface area contributed by atoms with Crippen molar-refractivity contribution in [1.29, 1.82) is 0 Å². The van der Waals surface area contributed by atoms with Gasteiger partial charge in [0.2, 0.25) is 0 Å². The topological polar surface area (TPSA) is 81.0 Å². The van der Waals surface area contributed by atoms with Crippen LogP contribution in [-0.4, -0.2) is 57.5 Å². The fourth-order valence-corrected chi connectivity index (χ4v) is 4.44. The second-order valence-corrected chi connectivity index (χ2v) is 8.92. The maximum atomic E-state index is 5.25. The zero-order chi connectivity index (χ0) is 21.8. The predicted octanol–water partition coefficient (Wildman–Crippen LogP) is 3.15. The quantitative estimate of drug-likeness (QED) is 0.584. The molecule has 0 aromatic carbocycles. The minimum atomic E-state index is 0.557. The van der Waals surface area contributed by atoms with Gasteiger partial charge in [0.1, 0.15) is 5.75 Å². The van der Waals surface area contributed by atoms with Crippen molar-refractivity contribution >= 4 is 5.82 Å². The standard InChI is InChI=1S/C24H31N7O/c1-32-22-10-19(12-25-13-22)23-16-30(17-27-23)14-21-7-8-24(29-28-21)31-9-3-6-20(15-31)26-11-18-4-2-5-18/h7-8,10,12-13,16-18,20,26H,2-6,9,11,14-15H2,1H3. The number of hydrogen-bond acceptors (Lipinski definition) is 7. The summed E-state index contributed by atoms with van der Waals surface area (Å²) in [7, 11) is 1.64. The van der Waals surface area contributed by atoms with Crippen molar-refractivity contribution < 1.29 is 4.74 Å². The second-order valence-electron chi connectivity index (χ2n) is 8.92. The monoisotopic (exact) mass is 433 g/mol. The van der Waals surface area contributed by atoms with Crippen LogP contribution >= 0.6 is 0 Å². The van der Waals surface area contributed by atoms with Crippen molar-refractivity contribution in [3.05, 3.63) is 48.8 Å². The van der Waals surface area contributed by atoms with Crippen molar-refractivity contribution in [3.8, 4) is 17.0 Å². The smallest absolute Gasteiger partial charge is 0.151 e.